The predicted octanol–water partition coefficient (Wildman–Crippen LogP) is 1.03. The summed E-state index contributed by atoms with van der Waals surface area (Å²) in [7, 11) is 0. The zero-order valence-electron chi connectivity index (χ0n) is 8.88. The molecule has 5 heteroatoms. The zero-order chi connectivity index (χ0) is 10.4. The van der Waals surface area contributed by atoms with Gasteiger partial charge >= 0.3 is 0 Å². The molecule has 2 aromatic rings. The number of hydrogen-bond donors (Lipinski definition) is 0. The van der Waals surface area contributed by atoms with E-state index in [0.717, 1.165) is 18.1 Å². The predicted molar refractivity (Wildman–Crippen MR) is 56.9 cm³/mol. The van der Waals surface area contributed by atoms with E-state index >= 15 is 0 Å². The second-order valence-corrected chi connectivity index (χ2v) is 4.06. The summed E-state index contributed by atoms with van der Waals surface area (Å²) in [4.78, 5) is 10.8. The zero-order valence-corrected chi connectivity index (χ0v) is 8.88. The smallest absolute Gasteiger partial charge is 0.254 e. The number of aromatic nitrogens is 4. The normalized spacial score (nSPS) is 20.7. The van der Waals surface area contributed by atoms with Crippen LogP contribution in [0.2, 0.25) is 0 Å². The second kappa shape index (κ2) is 2.92. The van der Waals surface area contributed by atoms with Gasteiger partial charge in [-0.3, -0.25) is 0 Å². The van der Waals surface area contributed by atoms with Gasteiger partial charge < -0.3 is 4.90 Å². The standard InChI is InChI=1S/C10H13N5/c1-7-5-9(14-4-3-8(14)2)15-10(13-7)11-6-12-15/h5-6,8H,3-4H2,1-2H3. The lowest BCUT2D eigenvalue weighted by atomic mass is 10.1. The minimum atomic E-state index is 0.596. The van der Waals surface area contributed by atoms with Crippen LogP contribution < -0.4 is 4.90 Å². The van der Waals surface area contributed by atoms with Crippen LogP contribution >= 0.6 is 0 Å². The molecule has 1 saturated heterocycles. The number of anilines is 1. The minimum absolute atomic E-state index is 0.596. The van der Waals surface area contributed by atoms with Crippen LogP contribution in [0, 0.1) is 6.92 Å². The fraction of sp³-hybridized carbons (Fsp3) is 0.500. The molecule has 0 N–H and O–H groups in total. The first-order chi connectivity index (χ1) is 7.25. The maximum atomic E-state index is 4.32. The van der Waals surface area contributed by atoms with Gasteiger partial charge in [-0.05, 0) is 20.3 Å². The van der Waals surface area contributed by atoms with Crippen LogP contribution in [-0.2, 0) is 0 Å². The maximum absolute atomic E-state index is 4.32. The second-order valence-electron chi connectivity index (χ2n) is 4.06. The van der Waals surface area contributed by atoms with Gasteiger partial charge in [0.05, 0.1) is 0 Å². The van der Waals surface area contributed by atoms with E-state index < -0.39 is 0 Å². The highest BCUT2D eigenvalue weighted by atomic mass is 15.4. The van der Waals surface area contributed by atoms with Crippen LogP contribution in [-0.4, -0.2) is 32.2 Å². The fourth-order valence-electron chi connectivity index (χ4n) is 1.97. The molecule has 1 aliphatic heterocycles. The van der Waals surface area contributed by atoms with Gasteiger partial charge in [-0.15, -0.1) is 0 Å². The first-order valence-electron chi connectivity index (χ1n) is 5.20. The van der Waals surface area contributed by atoms with Gasteiger partial charge in [-0.2, -0.15) is 14.6 Å². The van der Waals surface area contributed by atoms with Crippen molar-refractivity contribution in [1.29, 1.82) is 0 Å². The van der Waals surface area contributed by atoms with Crippen molar-refractivity contribution in [3.63, 3.8) is 0 Å². The van der Waals surface area contributed by atoms with Gasteiger partial charge in [0.1, 0.15) is 12.1 Å². The molecule has 0 bridgehead atoms. The first-order valence-corrected chi connectivity index (χ1v) is 5.20. The Bertz CT molecular complexity index is 503. The average molecular weight is 203 g/mol. The van der Waals surface area contributed by atoms with Crippen LogP contribution in [0.4, 0.5) is 5.82 Å². The number of hydrogen-bond acceptors (Lipinski definition) is 4. The average Bonchev–Trinajstić information content (AvgIpc) is 2.63. The van der Waals surface area contributed by atoms with Crippen molar-refractivity contribution >= 4 is 11.6 Å². The highest BCUT2D eigenvalue weighted by Crippen LogP contribution is 2.26. The van der Waals surface area contributed by atoms with Crippen LogP contribution in [0.1, 0.15) is 19.0 Å². The molecule has 0 radical (unpaired) electrons. The lowest BCUT2D eigenvalue weighted by molar-refractivity contribution is 0.471. The van der Waals surface area contributed by atoms with Crippen LogP contribution in [0.25, 0.3) is 5.78 Å². The van der Waals surface area contributed by atoms with Crippen LogP contribution in [0.3, 0.4) is 0 Å². The van der Waals surface area contributed by atoms with E-state index in [9.17, 15) is 0 Å². The Labute approximate surface area is 87.8 Å². The minimum Gasteiger partial charge on any atom is -0.354 e. The molecule has 1 fully saturated rings. The van der Waals surface area contributed by atoms with Crippen LogP contribution in [0.5, 0.6) is 0 Å². The molecule has 78 valence electrons. The summed E-state index contributed by atoms with van der Waals surface area (Å²) in [6.45, 7) is 5.31. The van der Waals surface area contributed by atoms with Gasteiger partial charge in [0.15, 0.2) is 0 Å². The Morgan fingerprint density at radius 3 is 3.00 bits per heavy atom. The van der Waals surface area contributed by atoms with Crippen molar-refractivity contribution < 1.29 is 0 Å². The lowest BCUT2D eigenvalue weighted by Gasteiger charge is -2.40. The van der Waals surface area contributed by atoms with Crippen molar-refractivity contribution in [2.75, 3.05) is 11.4 Å². The molecule has 2 aromatic heterocycles. The molecule has 15 heavy (non-hydrogen) atoms. The van der Waals surface area contributed by atoms with Crippen molar-refractivity contribution in [1.82, 2.24) is 19.6 Å². The molecule has 0 aromatic carbocycles. The van der Waals surface area contributed by atoms with Gasteiger partial charge in [0.25, 0.3) is 5.78 Å². The number of rotatable bonds is 1. The summed E-state index contributed by atoms with van der Waals surface area (Å²) in [5.41, 5.74) is 0.990. The van der Waals surface area contributed by atoms with E-state index in [0.29, 0.717) is 11.8 Å². The Balaban J connectivity index is 2.19. The summed E-state index contributed by atoms with van der Waals surface area (Å²) < 4.78 is 1.81. The quantitative estimate of drug-likeness (QED) is 0.694. The molecule has 1 atom stereocenters. The van der Waals surface area contributed by atoms with Crippen molar-refractivity contribution in [2.45, 2.75) is 26.3 Å². The first kappa shape index (κ1) is 8.64. The molecule has 3 rings (SSSR count). The highest BCUT2D eigenvalue weighted by Gasteiger charge is 2.26. The third-order valence-electron chi connectivity index (χ3n) is 2.98. The highest BCUT2D eigenvalue weighted by molar-refractivity contribution is 5.49. The van der Waals surface area contributed by atoms with Crippen LogP contribution in [0.15, 0.2) is 12.4 Å². The van der Waals surface area contributed by atoms with E-state index in [1.807, 2.05) is 11.4 Å². The summed E-state index contributed by atoms with van der Waals surface area (Å²) >= 11 is 0. The van der Waals surface area contributed by atoms with E-state index in [-0.39, 0.29) is 0 Å². The number of nitrogens with zero attached hydrogens (tertiary/aromatic N) is 5. The molecular weight excluding hydrogens is 190 g/mol. The van der Waals surface area contributed by atoms with Crippen molar-refractivity contribution in [2.24, 2.45) is 0 Å². The van der Waals surface area contributed by atoms with E-state index in [1.165, 1.54) is 6.42 Å². The molecule has 3 heterocycles. The van der Waals surface area contributed by atoms with Gasteiger partial charge in [0, 0.05) is 24.3 Å². The van der Waals surface area contributed by atoms with Crippen molar-refractivity contribution in [3.8, 4) is 0 Å². The molecule has 0 spiro atoms. The monoisotopic (exact) mass is 203 g/mol. The fourth-order valence-corrected chi connectivity index (χ4v) is 1.97. The summed E-state index contributed by atoms with van der Waals surface area (Å²) in [5.74, 6) is 1.79. The lowest BCUT2D eigenvalue weighted by Crippen LogP contribution is -2.46. The Kier molecular flexibility index (Phi) is 1.68. The molecular formula is C10H13N5. The number of fused-ring (bicyclic) bond motifs is 1. The van der Waals surface area contributed by atoms with E-state index in [1.54, 1.807) is 6.33 Å². The third-order valence-corrected chi connectivity index (χ3v) is 2.98. The van der Waals surface area contributed by atoms with Gasteiger partial charge in [-0.1, -0.05) is 0 Å². The number of aryl methyl sites for hydroxylation is 1. The molecule has 0 amide bonds. The van der Waals surface area contributed by atoms with Crippen molar-refractivity contribution in [3.05, 3.63) is 18.1 Å². The SMILES string of the molecule is Cc1cc(N2CCC2C)n2ncnc2n1. The molecule has 1 unspecified atom stereocenters. The Morgan fingerprint density at radius 1 is 1.47 bits per heavy atom. The molecule has 1 aliphatic rings. The largest absolute Gasteiger partial charge is 0.354 e. The van der Waals surface area contributed by atoms with E-state index in [2.05, 4.69) is 33.0 Å². The van der Waals surface area contributed by atoms with E-state index in [4.69, 9.17) is 0 Å². The van der Waals surface area contributed by atoms with Gasteiger partial charge in [0.2, 0.25) is 0 Å². The topological polar surface area (TPSA) is 46.3 Å². The molecule has 0 aliphatic carbocycles. The summed E-state index contributed by atoms with van der Waals surface area (Å²) in [5, 5.41) is 4.20. The summed E-state index contributed by atoms with van der Waals surface area (Å²) in [6.07, 6.45) is 2.80. The Hall–Kier alpha value is -1.65. The Morgan fingerprint density at radius 2 is 2.33 bits per heavy atom. The van der Waals surface area contributed by atoms with Gasteiger partial charge in [-0.25, -0.2) is 4.98 Å². The summed E-state index contributed by atoms with van der Waals surface area (Å²) in [6, 6.07) is 2.66. The molecule has 5 nitrogen and oxygen atoms in total. The third kappa shape index (κ3) is 1.19. The molecule has 0 saturated carbocycles. The maximum Gasteiger partial charge on any atom is 0.254 e.